The summed E-state index contributed by atoms with van der Waals surface area (Å²) in [4.78, 5) is 19.9. The van der Waals surface area contributed by atoms with Crippen molar-refractivity contribution in [1.29, 1.82) is 0 Å². The first-order valence-electron chi connectivity index (χ1n) is 5.46. The van der Waals surface area contributed by atoms with Gasteiger partial charge in [-0.2, -0.15) is 4.98 Å². The van der Waals surface area contributed by atoms with Crippen molar-refractivity contribution in [2.45, 2.75) is 6.92 Å². The Morgan fingerprint density at radius 1 is 1.58 bits per heavy atom. The Morgan fingerprint density at radius 2 is 2.42 bits per heavy atom. The van der Waals surface area contributed by atoms with Crippen molar-refractivity contribution in [2.75, 3.05) is 11.9 Å². The second-order valence-corrected chi connectivity index (χ2v) is 3.51. The smallest absolute Gasteiger partial charge is 0.320 e. The summed E-state index contributed by atoms with van der Waals surface area (Å²) in [5, 5.41) is 6.02. The monoisotopic (exact) mass is 257 g/mol. The number of hydrogen-bond acceptors (Lipinski definition) is 6. The molecular weight excluding hydrogens is 246 g/mol. The molecule has 0 aliphatic rings. The van der Waals surface area contributed by atoms with Crippen LogP contribution in [0.5, 0.6) is 0 Å². The fourth-order valence-corrected chi connectivity index (χ4v) is 1.34. The van der Waals surface area contributed by atoms with Gasteiger partial charge in [0.25, 0.3) is 5.91 Å². The maximum absolute atomic E-state index is 12.0. The summed E-state index contributed by atoms with van der Waals surface area (Å²) in [6.45, 7) is 1.86. The molecule has 19 heavy (non-hydrogen) atoms. The molecule has 0 aliphatic heterocycles. The zero-order valence-corrected chi connectivity index (χ0v) is 10.2. The van der Waals surface area contributed by atoms with Crippen molar-refractivity contribution in [1.82, 2.24) is 15.1 Å². The maximum atomic E-state index is 12.0. The van der Waals surface area contributed by atoms with E-state index >= 15 is 0 Å². The summed E-state index contributed by atoms with van der Waals surface area (Å²) in [5.41, 5.74) is 5.97. The summed E-state index contributed by atoms with van der Waals surface area (Å²) < 4.78 is 4.80. The number of aromatic nitrogens is 3. The molecule has 1 amide bonds. The maximum Gasteiger partial charge on any atom is 0.328 e. The number of nitrogens with one attached hydrogen (secondary N) is 1. The molecule has 0 aromatic carbocycles. The van der Waals surface area contributed by atoms with Crippen LogP contribution in [0.25, 0.3) is 0 Å². The first kappa shape index (κ1) is 12.7. The number of pyridine rings is 1. The van der Waals surface area contributed by atoms with E-state index < -0.39 is 5.91 Å². The summed E-state index contributed by atoms with van der Waals surface area (Å²) >= 11 is 0. The Labute approximate surface area is 109 Å². The molecule has 0 saturated carbocycles. The van der Waals surface area contributed by atoms with Gasteiger partial charge in [-0.25, -0.2) is 4.98 Å². The minimum absolute atomic E-state index is 0.0193. The van der Waals surface area contributed by atoms with Gasteiger partial charge in [0, 0.05) is 6.20 Å². The molecule has 2 rings (SSSR count). The Morgan fingerprint density at radius 3 is 3.11 bits per heavy atom. The topological polar surface area (TPSA) is 107 Å². The van der Waals surface area contributed by atoms with Gasteiger partial charge in [-0.3, -0.25) is 10.1 Å². The van der Waals surface area contributed by atoms with Gasteiger partial charge in [0.1, 0.15) is 5.69 Å². The fourth-order valence-electron chi connectivity index (χ4n) is 1.34. The van der Waals surface area contributed by atoms with Crippen LogP contribution in [0.1, 0.15) is 21.9 Å². The number of carbonyl (C=O) groups excluding carboxylic acids is 1. The molecule has 7 heteroatoms. The number of nitrogens with zero attached hydrogens (tertiary/aromatic N) is 3. The molecule has 7 nitrogen and oxygen atoms in total. The first-order chi connectivity index (χ1) is 9.20. The van der Waals surface area contributed by atoms with E-state index in [4.69, 9.17) is 10.3 Å². The van der Waals surface area contributed by atoms with Gasteiger partial charge < -0.3 is 10.3 Å². The van der Waals surface area contributed by atoms with E-state index in [0.29, 0.717) is 11.4 Å². The average molecular weight is 257 g/mol. The molecule has 2 aromatic heterocycles. The highest BCUT2D eigenvalue weighted by Crippen LogP contribution is 2.08. The molecule has 0 fully saturated rings. The van der Waals surface area contributed by atoms with Crippen LogP contribution in [0, 0.1) is 18.8 Å². The normalized spacial score (nSPS) is 9.58. The minimum atomic E-state index is -0.467. The standard InChI is InChI=1S/C12H11N5O2/c1-8-15-12(19-17-8)16-11(18)10-9(4-2-6-13)5-3-7-14-10/h3,5,7H,6,13H2,1H3,(H,15,16,17,18). The minimum Gasteiger partial charge on any atom is -0.320 e. The Kier molecular flexibility index (Phi) is 3.85. The summed E-state index contributed by atoms with van der Waals surface area (Å²) in [5.74, 6) is 5.42. The van der Waals surface area contributed by atoms with Gasteiger partial charge >= 0.3 is 6.01 Å². The average Bonchev–Trinajstić information content (AvgIpc) is 2.82. The van der Waals surface area contributed by atoms with E-state index in [9.17, 15) is 4.79 Å². The van der Waals surface area contributed by atoms with Crippen LogP contribution in [0.15, 0.2) is 22.9 Å². The van der Waals surface area contributed by atoms with Crippen LogP contribution in [-0.4, -0.2) is 27.6 Å². The molecule has 0 spiro atoms. The van der Waals surface area contributed by atoms with E-state index in [1.165, 1.54) is 6.20 Å². The second kappa shape index (κ2) is 5.75. The predicted molar refractivity (Wildman–Crippen MR) is 67.2 cm³/mol. The van der Waals surface area contributed by atoms with Gasteiger partial charge in [-0.15, -0.1) is 0 Å². The molecule has 0 saturated heterocycles. The molecule has 0 radical (unpaired) electrons. The van der Waals surface area contributed by atoms with Crippen molar-refractivity contribution in [3.05, 3.63) is 35.4 Å². The summed E-state index contributed by atoms with van der Waals surface area (Å²) in [7, 11) is 0. The zero-order valence-electron chi connectivity index (χ0n) is 10.2. The van der Waals surface area contributed by atoms with Gasteiger partial charge in [-0.1, -0.05) is 17.0 Å². The van der Waals surface area contributed by atoms with Gasteiger partial charge in [0.05, 0.1) is 12.1 Å². The highest BCUT2D eigenvalue weighted by molar-refractivity contribution is 6.03. The zero-order chi connectivity index (χ0) is 13.7. The third-order valence-electron chi connectivity index (χ3n) is 2.10. The lowest BCUT2D eigenvalue weighted by molar-refractivity contribution is 0.101. The van der Waals surface area contributed by atoms with E-state index in [1.54, 1.807) is 19.1 Å². The van der Waals surface area contributed by atoms with E-state index in [0.717, 1.165) is 0 Å². The summed E-state index contributed by atoms with van der Waals surface area (Å²) in [6, 6.07) is 3.39. The van der Waals surface area contributed by atoms with Crippen LogP contribution in [0.2, 0.25) is 0 Å². The van der Waals surface area contributed by atoms with E-state index in [2.05, 4.69) is 32.3 Å². The number of amides is 1. The van der Waals surface area contributed by atoms with Crippen LogP contribution in [-0.2, 0) is 0 Å². The van der Waals surface area contributed by atoms with Crippen LogP contribution < -0.4 is 11.1 Å². The highest BCUT2D eigenvalue weighted by atomic mass is 16.5. The van der Waals surface area contributed by atoms with Gasteiger partial charge in [0.15, 0.2) is 5.82 Å². The number of carbonyl (C=O) groups is 1. The van der Waals surface area contributed by atoms with Crippen molar-refractivity contribution in [3.63, 3.8) is 0 Å². The first-order valence-corrected chi connectivity index (χ1v) is 5.46. The largest absolute Gasteiger partial charge is 0.328 e. The lowest BCUT2D eigenvalue weighted by Crippen LogP contribution is -2.15. The van der Waals surface area contributed by atoms with Crippen molar-refractivity contribution in [3.8, 4) is 11.8 Å². The van der Waals surface area contributed by atoms with Gasteiger partial charge in [0.2, 0.25) is 0 Å². The third-order valence-corrected chi connectivity index (χ3v) is 2.10. The molecule has 0 atom stereocenters. The SMILES string of the molecule is Cc1noc(NC(=O)c2ncccc2C#CCN)n1. The number of rotatable bonds is 2. The molecule has 96 valence electrons. The Balaban J connectivity index is 2.23. The third kappa shape index (κ3) is 3.14. The molecule has 0 aliphatic carbocycles. The van der Waals surface area contributed by atoms with Crippen molar-refractivity contribution < 1.29 is 9.32 Å². The van der Waals surface area contributed by atoms with E-state index in [-0.39, 0.29) is 18.3 Å². The summed E-state index contributed by atoms with van der Waals surface area (Å²) in [6.07, 6.45) is 1.50. The number of aryl methyl sites for hydroxylation is 1. The number of nitrogens with two attached hydrogens (primary N) is 1. The van der Waals surface area contributed by atoms with Gasteiger partial charge in [-0.05, 0) is 19.1 Å². The molecule has 2 heterocycles. The van der Waals surface area contributed by atoms with Crippen LogP contribution in [0.3, 0.4) is 0 Å². The lowest BCUT2D eigenvalue weighted by Gasteiger charge is -2.01. The highest BCUT2D eigenvalue weighted by Gasteiger charge is 2.14. The predicted octanol–water partition coefficient (Wildman–Crippen LogP) is 0.336. The Bertz CT molecular complexity index is 653. The molecule has 2 aromatic rings. The molecule has 0 bridgehead atoms. The molecule has 3 N–H and O–H groups in total. The van der Waals surface area contributed by atoms with Crippen LogP contribution >= 0.6 is 0 Å². The van der Waals surface area contributed by atoms with E-state index in [1.807, 2.05) is 0 Å². The lowest BCUT2D eigenvalue weighted by atomic mass is 10.2. The second-order valence-electron chi connectivity index (χ2n) is 3.51. The molecule has 0 unspecified atom stereocenters. The molecular formula is C12H11N5O2. The van der Waals surface area contributed by atoms with Crippen LogP contribution in [0.4, 0.5) is 6.01 Å². The van der Waals surface area contributed by atoms with Crippen molar-refractivity contribution in [2.24, 2.45) is 5.73 Å². The van der Waals surface area contributed by atoms with Crippen molar-refractivity contribution >= 4 is 11.9 Å². The number of hydrogen-bond donors (Lipinski definition) is 2. The number of anilines is 1. The fraction of sp³-hybridized carbons (Fsp3) is 0.167. The quantitative estimate of drug-likeness (QED) is 0.751. The Hall–Kier alpha value is -2.72.